The molecular weight excluding hydrogens is 453 g/mol. The third kappa shape index (κ3) is 3.56. The Morgan fingerprint density at radius 1 is 0.926 bits per heavy atom. The molecule has 0 atom stereocenters. The van der Waals surface area contributed by atoms with Crippen LogP contribution in [-0.2, 0) is 0 Å². The third-order valence-corrected chi connectivity index (χ3v) is 4.96. The van der Waals surface area contributed by atoms with Gasteiger partial charge >= 0.3 is 5.63 Å². The molecule has 0 fully saturated rings. The zero-order valence-corrected chi connectivity index (χ0v) is 16.6. The summed E-state index contributed by atoms with van der Waals surface area (Å²) in [4.78, 5) is 20.9. The van der Waals surface area contributed by atoms with Gasteiger partial charge in [0.05, 0.1) is 22.0 Å². The van der Waals surface area contributed by atoms with Gasteiger partial charge in [0.15, 0.2) is 0 Å². The van der Waals surface area contributed by atoms with Gasteiger partial charge in [0.25, 0.3) is 0 Å². The highest BCUT2D eigenvalue weighted by Gasteiger charge is 2.14. The van der Waals surface area contributed by atoms with E-state index in [2.05, 4.69) is 25.9 Å². The number of rotatable bonds is 2. The number of nitrogens with two attached hydrogens (primary N) is 1. The SMILES string of the molecule is Nc1nc(-c2ccc(Cl)cc2Cl)cc(-c2cc3cc(Br)ccc3oc2=O)n1. The number of halogens is 3. The average Bonchev–Trinajstić information content (AvgIpc) is 2.61. The summed E-state index contributed by atoms with van der Waals surface area (Å²) in [5, 5.41) is 1.68. The number of fused-ring (bicyclic) bond motifs is 1. The molecule has 2 heterocycles. The number of anilines is 1. The number of hydrogen-bond acceptors (Lipinski definition) is 5. The van der Waals surface area contributed by atoms with Crippen molar-refractivity contribution in [2.75, 3.05) is 5.73 Å². The van der Waals surface area contributed by atoms with E-state index in [0.29, 0.717) is 32.6 Å². The molecule has 0 radical (unpaired) electrons. The van der Waals surface area contributed by atoms with Crippen molar-refractivity contribution < 1.29 is 4.42 Å². The summed E-state index contributed by atoms with van der Waals surface area (Å²) in [5.41, 5.74) is 7.57. The molecule has 134 valence electrons. The van der Waals surface area contributed by atoms with Crippen molar-refractivity contribution in [2.24, 2.45) is 0 Å². The van der Waals surface area contributed by atoms with Crippen LogP contribution < -0.4 is 11.4 Å². The Bertz CT molecular complexity index is 1260. The van der Waals surface area contributed by atoms with E-state index in [1.165, 1.54) is 0 Å². The molecular formula is C19H10BrCl2N3O2. The summed E-state index contributed by atoms with van der Waals surface area (Å²) in [6.45, 7) is 0. The van der Waals surface area contributed by atoms with Crippen molar-refractivity contribution >= 4 is 56.0 Å². The first-order valence-corrected chi connectivity index (χ1v) is 9.29. The highest BCUT2D eigenvalue weighted by Crippen LogP contribution is 2.31. The Hall–Kier alpha value is -2.41. The van der Waals surface area contributed by atoms with E-state index < -0.39 is 5.63 Å². The Morgan fingerprint density at radius 2 is 1.67 bits per heavy atom. The molecule has 2 aromatic heterocycles. The van der Waals surface area contributed by atoms with Crippen LogP contribution in [0, 0.1) is 0 Å². The molecule has 0 saturated heterocycles. The quantitative estimate of drug-likeness (QED) is 0.394. The number of benzene rings is 2. The van der Waals surface area contributed by atoms with Crippen LogP contribution in [0.25, 0.3) is 33.5 Å². The van der Waals surface area contributed by atoms with E-state index in [9.17, 15) is 4.79 Å². The van der Waals surface area contributed by atoms with Gasteiger partial charge in [-0.3, -0.25) is 0 Å². The second kappa shape index (κ2) is 6.96. The molecule has 4 rings (SSSR count). The van der Waals surface area contributed by atoms with E-state index in [1.54, 1.807) is 42.5 Å². The Labute approximate surface area is 171 Å². The van der Waals surface area contributed by atoms with Gasteiger partial charge in [-0.1, -0.05) is 39.1 Å². The number of nitrogens with zero attached hydrogens (tertiary/aromatic N) is 2. The van der Waals surface area contributed by atoms with Crippen LogP contribution in [0.15, 0.2) is 62.2 Å². The normalized spacial score (nSPS) is 11.1. The van der Waals surface area contributed by atoms with Gasteiger partial charge in [-0.05, 0) is 48.5 Å². The third-order valence-electron chi connectivity index (χ3n) is 3.92. The largest absolute Gasteiger partial charge is 0.422 e. The molecule has 0 aliphatic rings. The monoisotopic (exact) mass is 461 g/mol. The van der Waals surface area contributed by atoms with Crippen LogP contribution in [0.4, 0.5) is 5.95 Å². The summed E-state index contributed by atoms with van der Waals surface area (Å²) >= 11 is 15.6. The maximum Gasteiger partial charge on any atom is 0.345 e. The van der Waals surface area contributed by atoms with Crippen LogP contribution in [0.5, 0.6) is 0 Å². The minimum atomic E-state index is -0.518. The number of aromatic nitrogens is 2. The van der Waals surface area contributed by atoms with Gasteiger partial charge in [-0.15, -0.1) is 0 Å². The summed E-state index contributed by atoms with van der Waals surface area (Å²) in [6, 6.07) is 13.8. The molecule has 2 N–H and O–H groups in total. The Kier molecular flexibility index (Phi) is 4.63. The van der Waals surface area contributed by atoms with E-state index >= 15 is 0 Å². The predicted octanol–water partition coefficient (Wildman–Crippen LogP) is 5.57. The summed E-state index contributed by atoms with van der Waals surface area (Å²) in [6.07, 6.45) is 0. The van der Waals surface area contributed by atoms with E-state index in [0.717, 1.165) is 9.86 Å². The standard InChI is InChI=1S/C19H10BrCl2N3O2/c20-10-1-4-17-9(5-10)6-13(18(26)27-17)16-8-15(24-19(23)25-16)12-3-2-11(21)7-14(12)22/h1-8H,(H2,23,24,25). The first-order valence-electron chi connectivity index (χ1n) is 7.74. The molecule has 0 spiro atoms. The van der Waals surface area contributed by atoms with Crippen LogP contribution in [-0.4, -0.2) is 9.97 Å². The maximum absolute atomic E-state index is 12.5. The number of nitrogen functional groups attached to an aromatic ring is 1. The summed E-state index contributed by atoms with van der Waals surface area (Å²) in [7, 11) is 0. The molecule has 0 saturated carbocycles. The van der Waals surface area contributed by atoms with Crippen molar-refractivity contribution in [3.8, 4) is 22.5 Å². The fourth-order valence-corrected chi connectivity index (χ4v) is 3.60. The van der Waals surface area contributed by atoms with Crippen molar-refractivity contribution in [3.05, 3.63) is 73.5 Å². The minimum Gasteiger partial charge on any atom is -0.422 e. The van der Waals surface area contributed by atoms with Crippen molar-refractivity contribution in [2.45, 2.75) is 0 Å². The van der Waals surface area contributed by atoms with E-state index in [1.807, 2.05) is 6.07 Å². The highest BCUT2D eigenvalue weighted by molar-refractivity contribution is 9.10. The maximum atomic E-state index is 12.5. The minimum absolute atomic E-state index is 0.0160. The molecule has 0 aliphatic carbocycles. The van der Waals surface area contributed by atoms with Crippen molar-refractivity contribution in [3.63, 3.8) is 0 Å². The van der Waals surface area contributed by atoms with E-state index in [4.69, 9.17) is 33.4 Å². The first-order chi connectivity index (χ1) is 12.9. The molecule has 2 aromatic carbocycles. The second-order valence-electron chi connectivity index (χ2n) is 5.75. The van der Waals surface area contributed by atoms with Gasteiger partial charge in [0.2, 0.25) is 5.95 Å². The molecule has 5 nitrogen and oxygen atoms in total. The van der Waals surface area contributed by atoms with Crippen LogP contribution >= 0.6 is 39.1 Å². The van der Waals surface area contributed by atoms with Crippen molar-refractivity contribution in [1.29, 1.82) is 0 Å². The lowest BCUT2D eigenvalue weighted by Gasteiger charge is -2.08. The molecule has 0 unspecified atom stereocenters. The molecule has 0 bridgehead atoms. The lowest BCUT2D eigenvalue weighted by molar-refractivity contribution is 0.563. The van der Waals surface area contributed by atoms with Gasteiger partial charge in [-0.25, -0.2) is 14.8 Å². The summed E-state index contributed by atoms with van der Waals surface area (Å²) < 4.78 is 6.27. The Balaban J connectivity index is 1.92. The first kappa shape index (κ1) is 18.0. The van der Waals surface area contributed by atoms with Gasteiger partial charge in [0, 0.05) is 20.4 Å². The topological polar surface area (TPSA) is 82.0 Å². The predicted molar refractivity (Wildman–Crippen MR) is 111 cm³/mol. The van der Waals surface area contributed by atoms with Gasteiger partial charge < -0.3 is 10.2 Å². The highest BCUT2D eigenvalue weighted by atomic mass is 79.9. The summed E-state index contributed by atoms with van der Waals surface area (Å²) in [5.74, 6) is 0.0160. The van der Waals surface area contributed by atoms with Crippen LogP contribution in [0.2, 0.25) is 10.0 Å². The fourth-order valence-electron chi connectivity index (χ4n) is 2.71. The molecule has 8 heteroatoms. The van der Waals surface area contributed by atoms with Crippen molar-refractivity contribution in [1.82, 2.24) is 9.97 Å². The average molecular weight is 463 g/mol. The Morgan fingerprint density at radius 3 is 2.41 bits per heavy atom. The zero-order chi connectivity index (χ0) is 19.1. The van der Waals surface area contributed by atoms with Gasteiger partial charge in [0.1, 0.15) is 5.58 Å². The molecule has 27 heavy (non-hydrogen) atoms. The second-order valence-corrected chi connectivity index (χ2v) is 7.51. The van der Waals surface area contributed by atoms with Crippen LogP contribution in [0.3, 0.4) is 0 Å². The molecule has 4 aromatic rings. The molecule has 0 aliphatic heterocycles. The van der Waals surface area contributed by atoms with E-state index in [-0.39, 0.29) is 11.5 Å². The fraction of sp³-hybridized carbons (Fsp3) is 0. The lowest BCUT2D eigenvalue weighted by Crippen LogP contribution is -2.06. The lowest BCUT2D eigenvalue weighted by atomic mass is 10.1. The van der Waals surface area contributed by atoms with Gasteiger partial charge in [-0.2, -0.15) is 0 Å². The smallest absolute Gasteiger partial charge is 0.345 e. The zero-order valence-electron chi connectivity index (χ0n) is 13.5. The number of hydrogen-bond donors (Lipinski definition) is 1. The molecule has 0 amide bonds. The van der Waals surface area contributed by atoms with Crippen LogP contribution in [0.1, 0.15) is 0 Å².